The van der Waals surface area contributed by atoms with Crippen molar-refractivity contribution in [3.63, 3.8) is 0 Å². The van der Waals surface area contributed by atoms with Gasteiger partial charge >= 0.3 is 0 Å². The molecular weight excluding hydrogens is 210 g/mol. The summed E-state index contributed by atoms with van der Waals surface area (Å²) in [6.07, 6.45) is 6.48. The van der Waals surface area contributed by atoms with Crippen molar-refractivity contribution < 1.29 is 4.74 Å². The predicted molar refractivity (Wildman–Crippen MR) is 72.2 cm³/mol. The lowest BCUT2D eigenvalue weighted by atomic mass is 9.63. The molecule has 17 heavy (non-hydrogen) atoms. The van der Waals surface area contributed by atoms with E-state index in [0.717, 1.165) is 13.2 Å². The minimum atomic E-state index is 0.481. The summed E-state index contributed by atoms with van der Waals surface area (Å²) >= 11 is 0. The summed E-state index contributed by atoms with van der Waals surface area (Å²) < 4.78 is 5.57. The van der Waals surface area contributed by atoms with E-state index in [2.05, 4.69) is 33.0 Å². The van der Waals surface area contributed by atoms with Crippen LogP contribution in [0.25, 0.3) is 0 Å². The second-order valence-electron chi connectivity index (χ2n) is 7.69. The molecule has 1 saturated carbocycles. The Kier molecular flexibility index (Phi) is 3.84. The van der Waals surface area contributed by atoms with Crippen LogP contribution in [0.15, 0.2) is 0 Å². The fourth-order valence-corrected chi connectivity index (χ4v) is 4.17. The van der Waals surface area contributed by atoms with Crippen LogP contribution in [0.4, 0.5) is 0 Å². The Bertz CT molecular complexity index is 238. The fraction of sp³-hybridized carbons (Fsp3) is 1.00. The molecule has 0 spiro atoms. The highest BCUT2D eigenvalue weighted by atomic mass is 16.5. The van der Waals surface area contributed by atoms with Crippen LogP contribution in [-0.2, 0) is 4.74 Å². The normalized spacial score (nSPS) is 33.5. The number of hydrogen-bond donors (Lipinski definition) is 1. The Morgan fingerprint density at radius 1 is 1.00 bits per heavy atom. The molecule has 0 bridgehead atoms. The Morgan fingerprint density at radius 2 is 1.65 bits per heavy atom. The van der Waals surface area contributed by atoms with Gasteiger partial charge < -0.3 is 10.1 Å². The third-order valence-electron chi connectivity index (χ3n) is 4.19. The van der Waals surface area contributed by atoms with E-state index in [4.69, 9.17) is 4.74 Å². The SMILES string of the molecule is CC1(C)CC(NC2CCCOC2)CC(C)(C)C1. The van der Waals surface area contributed by atoms with E-state index in [9.17, 15) is 0 Å². The summed E-state index contributed by atoms with van der Waals surface area (Å²) in [5, 5.41) is 3.84. The maximum Gasteiger partial charge on any atom is 0.0619 e. The van der Waals surface area contributed by atoms with E-state index in [1.165, 1.54) is 32.1 Å². The lowest BCUT2D eigenvalue weighted by Crippen LogP contribution is -2.49. The van der Waals surface area contributed by atoms with Crippen molar-refractivity contribution in [1.82, 2.24) is 5.32 Å². The van der Waals surface area contributed by atoms with Crippen molar-refractivity contribution in [1.29, 1.82) is 0 Å². The van der Waals surface area contributed by atoms with E-state index in [0.29, 0.717) is 22.9 Å². The standard InChI is InChI=1S/C15H29NO/c1-14(2)8-13(9-15(3,4)11-14)16-12-6-5-7-17-10-12/h12-13,16H,5-11H2,1-4H3. The van der Waals surface area contributed by atoms with Gasteiger partial charge in [-0.2, -0.15) is 0 Å². The molecule has 0 aromatic carbocycles. The zero-order valence-electron chi connectivity index (χ0n) is 12.0. The lowest BCUT2D eigenvalue weighted by Gasteiger charge is -2.46. The van der Waals surface area contributed by atoms with Crippen LogP contribution in [0.3, 0.4) is 0 Å². The first-order chi connectivity index (χ1) is 7.86. The van der Waals surface area contributed by atoms with E-state index in [-0.39, 0.29) is 0 Å². The van der Waals surface area contributed by atoms with Crippen LogP contribution in [0.2, 0.25) is 0 Å². The van der Waals surface area contributed by atoms with Crippen molar-refractivity contribution >= 4 is 0 Å². The van der Waals surface area contributed by atoms with Crippen LogP contribution < -0.4 is 5.32 Å². The van der Waals surface area contributed by atoms with Gasteiger partial charge in [-0.25, -0.2) is 0 Å². The Hall–Kier alpha value is -0.0800. The van der Waals surface area contributed by atoms with Gasteiger partial charge in [0.25, 0.3) is 0 Å². The predicted octanol–water partition coefficient (Wildman–Crippen LogP) is 3.36. The summed E-state index contributed by atoms with van der Waals surface area (Å²) in [5.41, 5.74) is 0.962. The maximum atomic E-state index is 5.57. The van der Waals surface area contributed by atoms with Gasteiger partial charge in [-0.1, -0.05) is 27.7 Å². The van der Waals surface area contributed by atoms with Gasteiger partial charge in [0.1, 0.15) is 0 Å². The highest BCUT2D eigenvalue weighted by Crippen LogP contribution is 2.45. The van der Waals surface area contributed by atoms with Crippen molar-refractivity contribution in [2.75, 3.05) is 13.2 Å². The molecule has 1 aliphatic heterocycles. The molecule has 0 radical (unpaired) electrons. The summed E-state index contributed by atoms with van der Waals surface area (Å²) in [5.74, 6) is 0. The molecule has 1 saturated heterocycles. The molecule has 2 nitrogen and oxygen atoms in total. The molecule has 1 atom stereocenters. The largest absolute Gasteiger partial charge is 0.380 e. The molecule has 2 heteroatoms. The van der Waals surface area contributed by atoms with Crippen LogP contribution in [0.5, 0.6) is 0 Å². The van der Waals surface area contributed by atoms with E-state index < -0.39 is 0 Å². The van der Waals surface area contributed by atoms with Gasteiger partial charge in [0, 0.05) is 18.7 Å². The van der Waals surface area contributed by atoms with E-state index >= 15 is 0 Å². The van der Waals surface area contributed by atoms with Gasteiger partial charge in [0.2, 0.25) is 0 Å². The molecule has 1 heterocycles. The zero-order valence-corrected chi connectivity index (χ0v) is 12.0. The van der Waals surface area contributed by atoms with Gasteiger partial charge in [-0.05, 0) is 42.9 Å². The topological polar surface area (TPSA) is 21.3 Å². The first-order valence-electron chi connectivity index (χ1n) is 7.20. The van der Waals surface area contributed by atoms with Crippen LogP contribution in [0.1, 0.15) is 59.8 Å². The monoisotopic (exact) mass is 239 g/mol. The Balaban J connectivity index is 1.91. The molecule has 100 valence electrons. The number of rotatable bonds is 2. The summed E-state index contributed by atoms with van der Waals surface area (Å²) in [6, 6.07) is 1.28. The van der Waals surface area contributed by atoms with Gasteiger partial charge in [-0.3, -0.25) is 0 Å². The average Bonchev–Trinajstić information content (AvgIpc) is 2.13. The smallest absolute Gasteiger partial charge is 0.0619 e. The third kappa shape index (κ3) is 3.96. The van der Waals surface area contributed by atoms with Crippen molar-refractivity contribution in [2.45, 2.75) is 71.9 Å². The van der Waals surface area contributed by atoms with Crippen molar-refractivity contribution in [3.8, 4) is 0 Å². The van der Waals surface area contributed by atoms with E-state index in [1.807, 2.05) is 0 Å². The first-order valence-corrected chi connectivity index (χ1v) is 7.20. The lowest BCUT2D eigenvalue weighted by molar-refractivity contribution is 0.0407. The second kappa shape index (κ2) is 4.89. The highest BCUT2D eigenvalue weighted by Gasteiger charge is 2.38. The number of hydrogen-bond acceptors (Lipinski definition) is 2. The summed E-state index contributed by atoms with van der Waals surface area (Å²) in [6.45, 7) is 11.5. The highest BCUT2D eigenvalue weighted by molar-refractivity contribution is 4.93. The minimum absolute atomic E-state index is 0.481. The Labute approximate surface area is 107 Å². The number of ether oxygens (including phenoxy) is 1. The molecule has 0 aromatic heterocycles. The maximum absolute atomic E-state index is 5.57. The Morgan fingerprint density at radius 3 is 2.18 bits per heavy atom. The average molecular weight is 239 g/mol. The molecule has 1 aliphatic carbocycles. The summed E-state index contributed by atoms with van der Waals surface area (Å²) in [7, 11) is 0. The van der Waals surface area contributed by atoms with Crippen LogP contribution in [-0.4, -0.2) is 25.3 Å². The third-order valence-corrected chi connectivity index (χ3v) is 4.19. The quantitative estimate of drug-likeness (QED) is 0.798. The van der Waals surface area contributed by atoms with E-state index in [1.54, 1.807) is 0 Å². The van der Waals surface area contributed by atoms with Crippen LogP contribution in [0, 0.1) is 10.8 Å². The number of nitrogens with one attached hydrogen (secondary N) is 1. The second-order valence-corrected chi connectivity index (χ2v) is 7.69. The molecule has 1 unspecified atom stereocenters. The molecule has 0 aromatic rings. The van der Waals surface area contributed by atoms with Crippen molar-refractivity contribution in [3.05, 3.63) is 0 Å². The molecule has 1 N–H and O–H groups in total. The van der Waals surface area contributed by atoms with Gasteiger partial charge in [-0.15, -0.1) is 0 Å². The minimum Gasteiger partial charge on any atom is -0.380 e. The molecule has 0 amide bonds. The zero-order chi connectivity index (χ0) is 12.5. The molecular formula is C15H29NO. The van der Waals surface area contributed by atoms with Gasteiger partial charge in [0.05, 0.1) is 6.61 Å². The van der Waals surface area contributed by atoms with Crippen molar-refractivity contribution in [2.24, 2.45) is 10.8 Å². The van der Waals surface area contributed by atoms with Gasteiger partial charge in [0.15, 0.2) is 0 Å². The molecule has 2 aliphatic rings. The molecule has 2 rings (SSSR count). The van der Waals surface area contributed by atoms with Crippen LogP contribution >= 0.6 is 0 Å². The summed E-state index contributed by atoms with van der Waals surface area (Å²) in [4.78, 5) is 0. The fourth-order valence-electron chi connectivity index (χ4n) is 4.17. The molecule has 2 fully saturated rings. The first kappa shape index (κ1) is 13.4.